The van der Waals surface area contributed by atoms with Crippen molar-refractivity contribution in [3.63, 3.8) is 0 Å². The smallest absolute Gasteiger partial charge is 0.328 e. The molecule has 0 saturated carbocycles. The maximum absolute atomic E-state index is 13.6. The van der Waals surface area contributed by atoms with Crippen molar-refractivity contribution >= 4 is 18.0 Å². The lowest BCUT2D eigenvalue weighted by atomic mass is 10.1. The van der Waals surface area contributed by atoms with E-state index < -0.39 is 11.8 Å². The van der Waals surface area contributed by atoms with Crippen LogP contribution in [0.2, 0.25) is 0 Å². The summed E-state index contributed by atoms with van der Waals surface area (Å²) in [5, 5.41) is 11.2. The van der Waals surface area contributed by atoms with Crippen molar-refractivity contribution in [1.82, 2.24) is 5.32 Å². The first-order valence-corrected chi connectivity index (χ1v) is 6.49. The summed E-state index contributed by atoms with van der Waals surface area (Å²) < 4.78 is 13.6. The van der Waals surface area contributed by atoms with Gasteiger partial charge in [0.2, 0.25) is 5.91 Å². The maximum atomic E-state index is 13.6. The first-order chi connectivity index (χ1) is 9.52. The molecule has 20 heavy (non-hydrogen) atoms. The van der Waals surface area contributed by atoms with Crippen LogP contribution in [-0.2, 0) is 16.1 Å². The van der Waals surface area contributed by atoms with Gasteiger partial charge in [-0.25, -0.2) is 9.18 Å². The summed E-state index contributed by atoms with van der Waals surface area (Å²) in [5.41, 5.74) is 0.911. The Morgan fingerprint density at radius 1 is 1.40 bits per heavy atom. The van der Waals surface area contributed by atoms with Gasteiger partial charge in [0.25, 0.3) is 0 Å². The number of carboxylic acids is 1. The summed E-state index contributed by atoms with van der Waals surface area (Å²) >= 11 is 0. The molecule has 0 aromatic heterocycles. The predicted octanol–water partition coefficient (Wildman–Crippen LogP) is 2.73. The van der Waals surface area contributed by atoms with Gasteiger partial charge in [-0.1, -0.05) is 19.4 Å². The Bertz CT molecular complexity index is 512. The van der Waals surface area contributed by atoms with E-state index in [1.54, 1.807) is 0 Å². The number of unbranched alkanes of at least 4 members (excludes halogenated alkanes) is 1. The molecule has 1 aromatic rings. The van der Waals surface area contributed by atoms with Crippen LogP contribution in [0.5, 0.6) is 0 Å². The summed E-state index contributed by atoms with van der Waals surface area (Å²) in [5.74, 6) is -1.60. The first-order valence-electron chi connectivity index (χ1n) is 6.49. The van der Waals surface area contributed by atoms with Crippen LogP contribution >= 0.6 is 0 Å². The number of carboxylic acid groups (broad SMARTS) is 1. The zero-order valence-electron chi connectivity index (χ0n) is 11.4. The van der Waals surface area contributed by atoms with Crippen LogP contribution in [0.4, 0.5) is 4.39 Å². The van der Waals surface area contributed by atoms with Gasteiger partial charge < -0.3 is 10.4 Å². The second-order valence-corrected chi connectivity index (χ2v) is 4.40. The molecule has 4 nitrogen and oxygen atoms in total. The van der Waals surface area contributed by atoms with Crippen molar-refractivity contribution in [1.29, 1.82) is 0 Å². The van der Waals surface area contributed by atoms with Crippen molar-refractivity contribution in [3.05, 3.63) is 41.2 Å². The molecule has 0 saturated heterocycles. The lowest BCUT2D eigenvalue weighted by Gasteiger charge is -2.07. The van der Waals surface area contributed by atoms with Gasteiger partial charge in [-0.05, 0) is 30.2 Å². The number of benzene rings is 1. The number of carbonyl (C=O) groups excluding carboxylic acids is 1. The van der Waals surface area contributed by atoms with Crippen LogP contribution in [0.25, 0.3) is 6.08 Å². The van der Waals surface area contributed by atoms with E-state index in [2.05, 4.69) is 5.32 Å². The normalized spacial score (nSPS) is 10.7. The van der Waals surface area contributed by atoms with Gasteiger partial charge in [0.15, 0.2) is 0 Å². The van der Waals surface area contributed by atoms with Crippen molar-refractivity contribution in [2.75, 3.05) is 0 Å². The molecule has 1 aromatic carbocycles. The van der Waals surface area contributed by atoms with E-state index in [-0.39, 0.29) is 12.5 Å². The van der Waals surface area contributed by atoms with Crippen LogP contribution in [-0.4, -0.2) is 17.0 Å². The Morgan fingerprint density at radius 3 is 2.80 bits per heavy atom. The monoisotopic (exact) mass is 279 g/mol. The number of amides is 1. The molecular formula is C15H18FNO3. The van der Waals surface area contributed by atoms with Gasteiger partial charge in [0, 0.05) is 24.6 Å². The molecule has 0 spiro atoms. The molecule has 0 atom stereocenters. The fourth-order valence-electron chi connectivity index (χ4n) is 1.62. The number of aliphatic carboxylic acids is 1. The molecule has 2 N–H and O–H groups in total. The van der Waals surface area contributed by atoms with Crippen molar-refractivity contribution in [2.24, 2.45) is 0 Å². The molecule has 1 rings (SSSR count). The zero-order valence-corrected chi connectivity index (χ0v) is 11.4. The zero-order chi connectivity index (χ0) is 15.0. The Balaban J connectivity index is 2.67. The third kappa shape index (κ3) is 5.65. The number of nitrogens with one attached hydrogen (secondary N) is 1. The van der Waals surface area contributed by atoms with Gasteiger partial charge in [-0.3, -0.25) is 4.79 Å². The van der Waals surface area contributed by atoms with Crippen LogP contribution in [0.3, 0.4) is 0 Å². The standard InChI is InChI=1S/C15H18FNO3/c1-2-3-4-14(18)17-10-12-9-11(5-7-13(12)16)6-8-15(19)20/h5-9H,2-4,10H2,1H3,(H,17,18)(H,19,20). The third-order valence-electron chi connectivity index (χ3n) is 2.72. The van der Waals surface area contributed by atoms with Crippen LogP contribution in [0.15, 0.2) is 24.3 Å². The maximum Gasteiger partial charge on any atom is 0.328 e. The lowest BCUT2D eigenvalue weighted by Crippen LogP contribution is -2.22. The van der Waals surface area contributed by atoms with Gasteiger partial charge in [-0.2, -0.15) is 0 Å². The van der Waals surface area contributed by atoms with Crippen LogP contribution < -0.4 is 5.32 Å². The van der Waals surface area contributed by atoms with E-state index in [1.165, 1.54) is 24.3 Å². The second kappa shape index (κ2) is 8.09. The number of hydrogen-bond acceptors (Lipinski definition) is 2. The minimum Gasteiger partial charge on any atom is -0.478 e. The number of halogens is 1. The average molecular weight is 279 g/mol. The van der Waals surface area contributed by atoms with E-state index in [4.69, 9.17) is 5.11 Å². The van der Waals surface area contributed by atoms with Gasteiger partial charge >= 0.3 is 5.97 Å². The number of hydrogen-bond donors (Lipinski definition) is 2. The van der Waals surface area contributed by atoms with Gasteiger partial charge in [0.05, 0.1) is 0 Å². The Kier molecular flexibility index (Phi) is 6.43. The van der Waals surface area contributed by atoms with E-state index in [1.807, 2.05) is 6.92 Å². The molecular weight excluding hydrogens is 261 g/mol. The average Bonchev–Trinajstić information content (AvgIpc) is 2.42. The fourth-order valence-corrected chi connectivity index (χ4v) is 1.62. The quantitative estimate of drug-likeness (QED) is 0.754. The Hall–Kier alpha value is -2.17. The lowest BCUT2D eigenvalue weighted by molar-refractivity contribution is -0.131. The molecule has 5 heteroatoms. The molecule has 0 bridgehead atoms. The van der Waals surface area contributed by atoms with E-state index >= 15 is 0 Å². The highest BCUT2D eigenvalue weighted by Crippen LogP contribution is 2.12. The van der Waals surface area contributed by atoms with Crippen LogP contribution in [0, 0.1) is 5.82 Å². The van der Waals surface area contributed by atoms with Crippen molar-refractivity contribution < 1.29 is 19.1 Å². The molecule has 0 unspecified atom stereocenters. The second-order valence-electron chi connectivity index (χ2n) is 4.40. The highest BCUT2D eigenvalue weighted by Gasteiger charge is 2.05. The van der Waals surface area contributed by atoms with Crippen LogP contribution in [0.1, 0.15) is 37.3 Å². The summed E-state index contributed by atoms with van der Waals surface area (Å²) in [4.78, 5) is 21.9. The first kappa shape index (κ1) is 15.9. The molecule has 1 amide bonds. The molecule has 0 radical (unpaired) electrons. The Labute approximate surface area is 117 Å². The summed E-state index contributed by atoms with van der Waals surface area (Å²) in [6, 6.07) is 4.26. The Morgan fingerprint density at radius 2 is 2.15 bits per heavy atom. The summed E-state index contributed by atoms with van der Waals surface area (Å²) in [6.45, 7) is 2.09. The van der Waals surface area contributed by atoms with E-state index in [0.29, 0.717) is 17.5 Å². The van der Waals surface area contributed by atoms with Gasteiger partial charge in [-0.15, -0.1) is 0 Å². The fraction of sp³-hybridized carbons (Fsp3) is 0.333. The predicted molar refractivity (Wildman–Crippen MR) is 74.4 cm³/mol. The minimum atomic E-state index is -1.07. The van der Waals surface area contributed by atoms with E-state index in [9.17, 15) is 14.0 Å². The topological polar surface area (TPSA) is 66.4 Å². The summed E-state index contributed by atoms with van der Waals surface area (Å²) in [6.07, 6.45) is 4.52. The molecule has 0 aliphatic heterocycles. The number of rotatable bonds is 7. The van der Waals surface area contributed by atoms with Gasteiger partial charge in [0.1, 0.15) is 5.82 Å². The molecule has 0 heterocycles. The minimum absolute atomic E-state index is 0.100. The molecule has 0 fully saturated rings. The summed E-state index contributed by atoms with van der Waals surface area (Å²) in [7, 11) is 0. The molecule has 0 aliphatic rings. The number of carbonyl (C=O) groups is 2. The molecule has 0 aliphatic carbocycles. The highest BCUT2D eigenvalue weighted by molar-refractivity contribution is 5.85. The highest BCUT2D eigenvalue weighted by atomic mass is 19.1. The van der Waals surface area contributed by atoms with Crippen molar-refractivity contribution in [2.45, 2.75) is 32.7 Å². The van der Waals surface area contributed by atoms with Crippen molar-refractivity contribution in [3.8, 4) is 0 Å². The van der Waals surface area contributed by atoms with E-state index in [0.717, 1.165) is 18.9 Å². The third-order valence-corrected chi connectivity index (χ3v) is 2.72. The SMILES string of the molecule is CCCCC(=O)NCc1cc(C=CC(=O)O)ccc1F. The molecule has 108 valence electrons. The largest absolute Gasteiger partial charge is 0.478 e.